The highest BCUT2D eigenvalue weighted by Gasteiger charge is 2.41. The minimum atomic E-state index is -4.19. The zero-order chi connectivity index (χ0) is 15.6. The lowest BCUT2D eigenvalue weighted by Crippen LogP contribution is -2.42. The number of hydrogen-bond acceptors (Lipinski definition) is 4. The first-order chi connectivity index (χ1) is 9.82. The Morgan fingerprint density at radius 1 is 1.43 bits per heavy atom. The van der Waals surface area contributed by atoms with Gasteiger partial charge in [0.15, 0.2) is 0 Å². The summed E-state index contributed by atoms with van der Waals surface area (Å²) in [5, 5.41) is 0. The smallest absolute Gasteiger partial charge is 0.339 e. The largest absolute Gasteiger partial charge is 0.391 e. The number of amides is 1. The highest BCUT2D eigenvalue weighted by Crippen LogP contribution is 2.34. The molecule has 5 nitrogen and oxygen atoms in total. The second kappa shape index (κ2) is 5.88. The van der Waals surface area contributed by atoms with Gasteiger partial charge in [0, 0.05) is 25.0 Å². The SMILES string of the molecule is Cc1cc(NN)c(C(=O)N2CCC(C(F)(F)F)CC2)cn1. The van der Waals surface area contributed by atoms with Crippen LogP contribution in [-0.4, -0.2) is 35.1 Å². The number of nitrogen functional groups attached to an aromatic ring is 1. The van der Waals surface area contributed by atoms with Crippen LogP contribution in [0, 0.1) is 12.8 Å². The van der Waals surface area contributed by atoms with E-state index in [0.29, 0.717) is 11.4 Å². The molecule has 1 saturated heterocycles. The molecule has 0 unspecified atom stereocenters. The van der Waals surface area contributed by atoms with Gasteiger partial charge in [-0.2, -0.15) is 13.2 Å². The molecule has 2 rings (SSSR count). The summed E-state index contributed by atoms with van der Waals surface area (Å²) >= 11 is 0. The molecule has 0 saturated carbocycles. The van der Waals surface area contributed by atoms with Crippen molar-refractivity contribution in [2.45, 2.75) is 25.9 Å². The Balaban J connectivity index is 2.09. The van der Waals surface area contributed by atoms with Crippen molar-refractivity contribution in [3.63, 3.8) is 0 Å². The molecule has 116 valence electrons. The van der Waals surface area contributed by atoms with Gasteiger partial charge >= 0.3 is 6.18 Å². The fourth-order valence-electron chi connectivity index (χ4n) is 2.43. The molecule has 1 aliphatic heterocycles. The summed E-state index contributed by atoms with van der Waals surface area (Å²) in [6, 6.07) is 1.62. The summed E-state index contributed by atoms with van der Waals surface area (Å²) in [4.78, 5) is 17.8. The van der Waals surface area contributed by atoms with Crippen LogP contribution in [0.1, 0.15) is 28.9 Å². The maximum Gasteiger partial charge on any atom is 0.391 e. The molecule has 3 N–H and O–H groups in total. The number of likely N-dealkylation sites (tertiary alicyclic amines) is 1. The van der Waals surface area contributed by atoms with Gasteiger partial charge in [-0.15, -0.1) is 0 Å². The third-order valence-electron chi connectivity index (χ3n) is 3.67. The summed E-state index contributed by atoms with van der Waals surface area (Å²) in [6.07, 6.45) is -2.94. The molecule has 0 spiro atoms. The summed E-state index contributed by atoms with van der Waals surface area (Å²) in [5.74, 6) is 3.69. The maximum atomic E-state index is 12.6. The van der Waals surface area contributed by atoms with Crippen LogP contribution in [0.15, 0.2) is 12.3 Å². The van der Waals surface area contributed by atoms with Gasteiger partial charge in [0.25, 0.3) is 5.91 Å². The van der Waals surface area contributed by atoms with E-state index >= 15 is 0 Å². The van der Waals surface area contributed by atoms with Crippen molar-refractivity contribution < 1.29 is 18.0 Å². The normalized spacial score (nSPS) is 16.9. The van der Waals surface area contributed by atoms with Crippen LogP contribution in [-0.2, 0) is 0 Å². The maximum absolute atomic E-state index is 12.6. The van der Waals surface area contributed by atoms with Gasteiger partial charge in [0.05, 0.1) is 17.2 Å². The minimum Gasteiger partial charge on any atom is -0.339 e. The number of alkyl halides is 3. The molecule has 0 bridgehead atoms. The van der Waals surface area contributed by atoms with Crippen LogP contribution >= 0.6 is 0 Å². The van der Waals surface area contributed by atoms with Crippen LogP contribution in [0.4, 0.5) is 18.9 Å². The van der Waals surface area contributed by atoms with Gasteiger partial charge in [-0.3, -0.25) is 15.6 Å². The predicted octanol–water partition coefficient (Wildman–Crippen LogP) is 2.09. The standard InChI is InChI=1S/C13H17F3N4O/c1-8-6-11(19-17)10(7-18-8)12(21)20-4-2-9(3-5-20)13(14,15)16/h6-7,9H,2-5,17H2,1H3,(H,18,19). The number of aryl methyl sites for hydroxylation is 1. The molecule has 1 aromatic heterocycles. The summed E-state index contributed by atoms with van der Waals surface area (Å²) < 4.78 is 37.8. The first-order valence-electron chi connectivity index (χ1n) is 6.62. The highest BCUT2D eigenvalue weighted by atomic mass is 19.4. The lowest BCUT2D eigenvalue weighted by atomic mass is 9.96. The van der Waals surface area contributed by atoms with E-state index in [0.717, 1.165) is 0 Å². The average Bonchev–Trinajstić information content (AvgIpc) is 2.45. The van der Waals surface area contributed by atoms with Crippen molar-refractivity contribution in [2.75, 3.05) is 18.5 Å². The van der Waals surface area contributed by atoms with Crippen LogP contribution in [0.2, 0.25) is 0 Å². The molecule has 0 aliphatic carbocycles. The van der Waals surface area contributed by atoms with E-state index in [1.807, 2.05) is 0 Å². The Morgan fingerprint density at radius 3 is 2.57 bits per heavy atom. The molecule has 0 atom stereocenters. The molecule has 21 heavy (non-hydrogen) atoms. The van der Waals surface area contributed by atoms with E-state index in [1.54, 1.807) is 13.0 Å². The Morgan fingerprint density at radius 2 is 2.05 bits per heavy atom. The molecule has 8 heteroatoms. The van der Waals surface area contributed by atoms with Crippen molar-refractivity contribution in [3.8, 4) is 0 Å². The van der Waals surface area contributed by atoms with Gasteiger partial charge in [-0.1, -0.05) is 0 Å². The molecular formula is C13H17F3N4O. The fraction of sp³-hybridized carbons (Fsp3) is 0.538. The van der Waals surface area contributed by atoms with E-state index in [2.05, 4.69) is 10.4 Å². The van der Waals surface area contributed by atoms with Crippen molar-refractivity contribution in [3.05, 3.63) is 23.5 Å². The Kier molecular flexibility index (Phi) is 4.36. The van der Waals surface area contributed by atoms with E-state index in [-0.39, 0.29) is 37.4 Å². The molecule has 2 heterocycles. The molecule has 1 amide bonds. The van der Waals surface area contributed by atoms with Crippen LogP contribution in [0.25, 0.3) is 0 Å². The summed E-state index contributed by atoms with van der Waals surface area (Å²) in [5.41, 5.74) is 3.81. The zero-order valence-corrected chi connectivity index (χ0v) is 11.6. The van der Waals surface area contributed by atoms with Gasteiger partial charge in [0.1, 0.15) is 0 Å². The minimum absolute atomic E-state index is 0.0695. The number of rotatable bonds is 2. The topological polar surface area (TPSA) is 71.2 Å². The van der Waals surface area contributed by atoms with E-state index in [4.69, 9.17) is 5.84 Å². The number of carbonyl (C=O) groups excluding carboxylic acids is 1. The molecule has 1 aromatic rings. The van der Waals surface area contributed by atoms with Crippen molar-refractivity contribution in [1.29, 1.82) is 0 Å². The Labute approximate surface area is 120 Å². The second-order valence-electron chi connectivity index (χ2n) is 5.12. The third-order valence-corrected chi connectivity index (χ3v) is 3.67. The number of pyridine rings is 1. The number of hydrazine groups is 1. The van der Waals surface area contributed by atoms with E-state index in [9.17, 15) is 18.0 Å². The predicted molar refractivity (Wildman–Crippen MR) is 71.5 cm³/mol. The number of carbonyl (C=O) groups is 1. The number of nitrogens with zero attached hydrogens (tertiary/aromatic N) is 2. The van der Waals surface area contributed by atoms with Crippen molar-refractivity contribution in [1.82, 2.24) is 9.88 Å². The van der Waals surface area contributed by atoms with Crippen LogP contribution in [0.3, 0.4) is 0 Å². The zero-order valence-electron chi connectivity index (χ0n) is 11.6. The van der Waals surface area contributed by atoms with E-state index in [1.165, 1.54) is 11.1 Å². The second-order valence-corrected chi connectivity index (χ2v) is 5.12. The fourth-order valence-corrected chi connectivity index (χ4v) is 2.43. The number of aromatic nitrogens is 1. The number of nitrogens with two attached hydrogens (primary N) is 1. The number of hydrogen-bond donors (Lipinski definition) is 2. The lowest BCUT2D eigenvalue weighted by Gasteiger charge is -2.33. The van der Waals surface area contributed by atoms with Gasteiger partial charge in [0.2, 0.25) is 0 Å². The van der Waals surface area contributed by atoms with Crippen LogP contribution < -0.4 is 11.3 Å². The van der Waals surface area contributed by atoms with Gasteiger partial charge in [-0.25, -0.2) is 0 Å². The quantitative estimate of drug-likeness (QED) is 0.648. The first kappa shape index (κ1) is 15.6. The monoisotopic (exact) mass is 302 g/mol. The summed E-state index contributed by atoms with van der Waals surface area (Å²) in [7, 11) is 0. The summed E-state index contributed by atoms with van der Waals surface area (Å²) in [6.45, 7) is 1.92. The highest BCUT2D eigenvalue weighted by molar-refractivity contribution is 5.99. The molecular weight excluding hydrogens is 285 g/mol. The number of piperidine rings is 1. The molecule has 1 aliphatic rings. The first-order valence-corrected chi connectivity index (χ1v) is 6.62. The van der Waals surface area contributed by atoms with E-state index < -0.39 is 12.1 Å². The Hall–Kier alpha value is -1.83. The third kappa shape index (κ3) is 3.44. The van der Waals surface area contributed by atoms with Crippen LogP contribution in [0.5, 0.6) is 0 Å². The molecule has 0 radical (unpaired) electrons. The lowest BCUT2D eigenvalue weighted by molar-refractivity contribution is -0.183. The van der Waals surface area contributed by atoms with Crippen molar-refractivity contribution >= 4 is 11.6 Å². The average molecular weight is 302 g/mol. The number of halogens is 3. The Bertz CT molecular complexity index is 525. The van der Waals surface area contributed by atoms with Gasteiger partial charge < -0.3 is 10.3 Å². The molecule has 1 fully saturated rings. The number of anilines is 1. The van der Waals surface area contributed by atoms with Crippen molar-refractivity contribution in [2.24, 2.45) is 11.8 Å². The molecule has 0 aromatic carbocycles. The number of nitrogens with one attached hydrogen (secondary N) is 1. The van der Waals surface area contributed by atoms with Gasteiger partial charge in [-0.05, 0) is 25.8 Å².